The lowest BCUT2D eigenvalue weighted by molar-refractivity contribution is 0.546. The largest absolute Gasteiger partial charge is 0.363 e. The van der Waals surface area contributed by atoms with Crippen molar-refractivity contribution < 1.29 is 4.39 Å². The van der Waals surface area contributed by atoms with Crippen LogP contribution in [-0.2, 0) is 13.0 Å². The second-order valence-corrected chi connectivity index (χ2v) is 8.31. The number of anilines is 1. The Hall–Kier alpha value is -1.70. The maximum absolute atomic E-state index is 15.2. The number of halogens is 2. The Morgan fingerprint density at radius 1 is 1.50 bits per heavy atom. The topological polar surface area (TPSA) is 68.2 Å². The van der Waals surface area contributed by atoms with E-state index in [1.54, 1.807) is 15.9 Å². The number of nitrogens with one attached hydrogen (secondary N) is 1. The van der Waals surface area contributed by atoms with Crippen LogP contribution >= 0.6 is 22.9 Å². The molecule has 1 aliphatic rings. The van der Waals surface area contributed by atoms with Gasteiger partial charge in [-0.2, -0.15) is 4.98 Å². The van der Waals surface area contributed by atoms with Gasteiger partial charge in [0.2, 0.25) is 5.28 Å². The highest BCUT2D eigenvalue weighted by Crippen LogP contribution is 2.35. The molecule has 3 heterocycles. The average molecular weight is 394 g/mol. The SMILES string of the molecule is Cc1c(C[C@@H](N)CC2CC2)c(F)c2c(NCc3cccs3)nc(Cl)nn12. The zero-order valence-electron chi connectivity index (χ0n) is 14.5. The molecule has 0 bridgehead atoms. The van der Waals surface area contributed by atoms with Gasteiger partial charge < -0.3 is 11.1 Å². The molecule has 5 nitrogen and oxygen atoms in total. The lowest BCUT2D eigenvalue weighted by atomic mass is 10.0. The standard InChI is InChI=1S/C18H21ClFN5S/c1-10-14(8-12(21)7-11-4-5-11)15(20)16-17(23-18(19)24-25(10)16)22-9-13-3-2-6-26-13/h2-3,6,11-12H,4-5,7-9,21H2,1H3,(H,22,23,24)/t12-/m0/s1. The molecule has 0 spiro atoms. The third-order valence-corrected chi connectivity index (χ3v) is 5.90. The van der Waals surface area contributed by atoms with E-state index < -0.39 is 0 Å². The molecule has 1 aliphatic carbocycles. The molecule has 0 amide bonds. The smallest absolute Gasteiger partial charge is 0.243 e. The molecule has 1 fully saturated rings. The molecule has 3 aromatic rings. The van der Waals surface area contributed by atoms with Crippen molar-refractivity contribution in [3.63, 3.8) is 0 Å². The predicted molar refractivity (Wildman–Crippen MR) is 103 cm³/mol. The monoisotopic (exact) mass is 393 g/mol. The second kappa shape index (κ2) is 7.13. The van der Waals surface area contributed by atoms with Crippen molar-refractivity contribution in [1.29, 1.82) is 0 Å². The number of fused-ring (bicyclic) bond motifs is 1. The molecule has 8 heteroatoms. The summed E-state index contributed by atoms with van der Waals surface area (Å²) in [7, 11) is 0. The van der Waals surface area contributed by atoms with Crippen molar-refractivity contribution in [3.8, 4) is 0 Å². The zero-order chi connectivity index (χ0) is 18.3. The Morgan fingerprint density at radius 3 is 3.00 bits per heavy atom. The fraction of sp³-hybridized carbons (Fsp3) is 0.444. The van der Waals surface area contributed by atoms with Crippen molar-refractivity contribution >= 4 is 34.3 Å². The van der Waals surface area contributed by atoms with Crippen LogP contribution in [-0.4, -0.2) is 20.6 Å². The molecule has 1 atom stereocenters. The molecule has 4 rings (SSSR count). The molecule has 0 radical (unpaired) electrons. The van der Waals surface area contributed by atoms with Gasteiger partial charge in [-0.3, -0.25) is 0 Å². The number of nitrogens with two attached hydrogens (primary N) is 1. The molecule has 26 heavy (non-hydrogen) atoms. The van der Waals surface area contributed by atoms with E-state index in [9.17, 15) is 0 Å². The Labute approximate surface area is 160 Å². The quantitative estimate of drug-likeness (QED) is 0.632. The second-order valence-electron chi connectivity index (χ2n) is 6.94. The summed E-state index contributed by atoms with van der Waals surface area (Å²) in [6.07, 6.45) is 3.93. The lowest BCUT2D eigenvalue weighted by Gasteiger charge is -2.10. The van der Waals surface area contributed by atoms with Crippen LogP contribution in [0.2, 0.25) is 5.28 Å². The molecule has 0 saturated heterocycles. The van der Waals surface area contributed by atoms with Gasteiger partial charge in [0.15, 0.2) is 11.6 Å². The van der Waals surface area contributed by atoms with Crippen LogP contribution in [0.3, 0.4) is 0 Å². The van der Waals surface area contributed by atoms with E-state index in [0.29, 0.717) is 35.8 Å². The molecule has 138 valence electrons. The van der Waals surface area contributed by atoms with Crippen LogP contribution < -0.4 is 11.1 Å². The molecule has 0 unspecified atom stereocenters. The summed E-state index contributed by atoms with van der Waals surface area (Å²) in [5, 5.41) is 9.47. The highest BCUT2D eigenvalue weighted by atomic mass is 35.5. The fourth-order valence-corrected chi connectivity index (χ4v) is 4.15. The molecule has 3 aromatic heterocycles. The minimum Gasteiger partial charge on any atom is -0.363 e. The van der Waals surface area contributed by atoms with Crippen molar-refractivity contribution in [2.24, 2.45) is 11.7 Å². The Kier molecular flexibility index (Phi) is 4.86. The summed E-state index contributed by atoms with van der Waals surface area (Å²) in [4.78, 5) is 5.34. The van der Waals surface area contributed by atoms with Crippen LogP contribution in [0, 0.1) is 18.7 Å². The summed E-state index contributed by atoms with van der Waals surface area (Å²) in [5.74, 6) is 0.808. The number of hydrogen-bond donors (Lipinski definition) is 2. The first-order valence-electron chi connectivity index (χ1n) is 8.78. The van der Waals surface area contributed by atoms with Gasteiger partial charge in [0.25, 0.3) is 0 Å². The number of aromatic nitrogens is 3. The number of aryl methyl sites for hydroxylation is 1. The van der Waals surface area contributed by atoms with E-state index in [0.717, 1.165) is 17.0 Å². The van der Waals surface area contributed by atoms with Crippen molar-refractivity contribution in [3.05, 3.63) is 44.7 Å². The minimum atomic E-state index is -0.306. The van der Waals surface area contributed by atoms with Gasteiger partial charge in [0, 0.05) is 22.2 Å². The lowest BCUT2D eigenvalue weighted by Crippen LogP contribution is -2.24. The summed E-state index contributed by atoms with van der Waals surface area (Å²) in [6.45, 7) is 2.41. The van der Waals surface area contributed by atoms with E-state index in [2.05, 4.69) is 15.4 Å². The van der Waals surface area contributed by atoms with E-state index in [-0.39, 0.29) is 17.1 Å². The molecule has 3 N–H and O–H groups in total. The van der Waals surface area contributed by atoms with Gasteiger partial charge in [-0.25, -0.2) is 8.91 Å². The summed E-state index contributed by atoms with van der Waals surface area (Å²) in [5.41, 5.74) is 7.91. The maximum Gasteiger partial charge on any atom is 0.243 e. The van der Waals surface area contributed by atoms with Gasteiger partial charge in [-0.1, -0.05) is 18.9 Å². The first-order valence-corrected chi connectivity index (χ1v) is 10.0. The van der Waals surface area contributed by atoms with Crippen LogP contribution in [0.5, 0.6) is 0 Å². The van der Waals surface area contributed by atoms with Crippen LogP contribution in [0.4, 0.5) is 10.2 Å². The van der Waals surface area contributed by atoms with Gasteiger partial charge in [0.05, 0.1) is 6.54 Å². The maximum atomic E-state index is 15.2. The van der Waals surface area contributed by atoms with Crippen molar-refractivity contribution in [2.45, 2.75) is 45.2 Å². The van der Waals surface area contributed by atoms with E-state index in [4.69, 9.17) is 17.3 Å². The Bertz CT molecular complexity index is 920. The first kappa shape index (κ1) is 17.7. The van der Waals surface area contributed by atoms with Gasteiger partial charge >= 0.3 is 0 Å². The molecule has 1 saturated carbocycles. The van der Waals surface area contributed by atoms with Crippen LogP contribution in [0.25, 0.3) is 5.52 Å². The molecular weight excluding hydrogens is 373 g/mol. The summed E-state index contributed by atoms with van der Waals surface area (Å²) in [6, 6.07) is 3.95. The Morgan fingerprint density at radius 2 is 2.31 bits per heavy atom. The van der Waals surface area contributed by atoms with Crippen LogP contribution in [0.15, 0.2) is 17.5 Å². The highest BCUT2D eigenvalue weighted by molar-refractivity contribution is 7.09. The summed E-state index contributed by atoms with van der Waals surface area (Å²) < 4.78 is 16.8. The minimum absolute atomic E-state index is 0.0425. The normalized spacial score (nSPS) is 15.5. The number of rotatable bonds is 7. The average Bonchev–Trinajstić information content (AvgIpc) is 3.19. The van der Waals surface area contributed by atoms with Gasteiger partial charge in [-0.15, -0.1) is 16.4 Å². The summed E-state index contributed by atoms with van der Waals surface area (Å²) >= 11 is 7.70. The molecule has 0 aromatic carbocycles. The van der Waals surface area contributed by atoms with Crippen LogP contribution in [0.1, 0.15) is 35.4 Å². The van der Waals surface area contributed by atoms with E-state index in [1.807, 2.05) is 24.4 Å². The number of nitrogens with zero attached hydrogens (tertiary/aromatic N) is 3. The molecular formula is C18H21ClFN5S. The Balaban J connectivity index is 1.66. The number of thiophene rings is 1. The third-order valence-electron chi connectivity index (χ3n) is 4.86. The number of hydrogen-bond acceptors (Lipinski definition) is 5. The first-order chi connectivity index (χ1) is 12.5. The third kappa shape index (κ3) is 3.56. The predicted octanol–water partition coefficient (Wildman–Crippen LogP) is 4.17. The van der Waals surface area contributed by atoms with E-state index >= 15 is 4.39 Å². The zero-order valence-corrected chi connectivity index (χ0v) is 16.1. The van der Waals surface area contributed by atoms with Crippen molar-refractivity contribution in [2.75, 3.05) is 5.32 Å². The van der Waals surface area contributed by atoms with Gasteiger partial charge in [-0.05, 0) is 48.7 Å². The van der Waals surface area contributed by atoms with Gasteiger partial charge in [0.1, 0.15) is 5.52 Å². The van der Waals surface area contributed by atoms with E-state index in [1.165, 1.54) is 12.8 Å². The molecule has 0 aliphatic heterocycles. The fourth-order valence-electron chi connectivity index (χ4n) is 3.34. The van der Waals surface area contributed by atoms with Crippen molar-refractivity contribution in [1.82, 2.24) is 14.6 Å². The highest BCUT2D eigenvalue weighted by Gasteiger charge is 2.27.